The van der Waals surface area contributed by atoms with Crippen molar-refractivity contribution in [3.05, 3.63) is 55.7 Å². The minimum atomic E-state index is -4.48. The Labute approximate surface area is 227 Å². The standard InChI is InChI=1S/C27H38F3IN2O2Si/c1-15(2)23-21(24(34)17-11-10-16(14-32-17)27(28,29)30)22(31)20-18(33-23)12-26(6,7)13-19(20)35-36(8,9)25(3,4)5/h10-11,14-15,19,24,34H,12-13H2,1-9H3/t19-,24+/m0/s1. The van der Waals surface area contributed by atoms with Gasteiger partial charge in [-0.05, 0) is 77.0 Å². The Kier molecular flexibility index (Phi) is 8.14. The zero-order valence-electron chi connectivity index (χ0n) is 22.6. The van der Waals surface area contributed by atoms with Crippen LogP contribution in [0.15, 0.2) is 18.3 Å². The SMILES string of the molecule is CC(C)c1nc2c(c(I)c1[C@H](O)c1ccc(C(F)(F)F)cn1)[C@@H](O[Si](C)(C)C(C)(C)C)CC(C)(C)C2. The number of aliphatic hydroxyl groups is 1. The van der Waals surface area contributed by atoms with Crippen molar-refractivity contribution in [2.75, 3.05) is 0 Å². The van der Waals surface area contributed by atoms with Crippen LogP contribution in [-0.2, 0) is 17.0 Å². The first-order valence-electron chi connectivity index (χ1n) is 12.4. The molecule has 2 atom stereocenters. The highest BCUT2D eigenvalue weighted by molar-refractivity contribution is 14.1. The highest BCUT2D eigenvalue weighted by Gasteiger charge is 2.44. The number of pyridine rings is 2. The molecule has 0 amide bonds. The summed E-state index contributed by atoms with van der Waals surface area (Å²) in [5.74, 6) is 0.00714. The van der Waals surface area contributed by atoms with Crippen molar-refractivity contribution in [2.45, 2.75) is 104 Å². The summed E-state index contributed by atoms with van der Waals surface area (Å²) in [4.78, 5) is 9.06. The number of aliphatic hydroxyl groups excluding tert-OH is 1. The van der Waals surface area contributed by atoms with E-state index in [1.54, 1.807) is 0 Å². The number of rotatable bonds is 5. The van der Waals surface area contributed by atoms with Crippen molar-refractivity contribution in [3.63, 3.8) is 0 Å². The average Bonchev–Trinajstić information content (AvgIpc) is 2.70. The Morgan fingerprint density at radius 1 is 1.17 bits per heavy atom. The lowest BCUT2D eigenvalue weighted by molar-refractivity contribution is -0.137. The number of nitrogens with zero attached hydrogens (tertiary/aromatic N) is 2. The second-order valence-electron chi connectivity index (χ2n) is 12.5. The van der Waals surface area contributed by atoms with Crippen molar-refractivity contribution in [3.8, 4) is 0 Å². The van der Waals surface area contributed by atoms with Crippen LogP contribution in [0, 0.1) is 8.99 Å². The smallest absolute Gasteiger partial charge is 0.410 e. The molecule has 2 aromatic rings. The third kappa shape index (κ3) is 5.99. The predicted octanol–water partition coefficient (Wildman–Crippen LogP) is 8.34. The van der Waals surface area contributed by atoms with Crippen LogP contribution in [0.25, 0.3) is 0 Å². The number of aromatic nitrogens is 2. The summed E-state index contributed by atoms with van der Waals surface area (Å²) in [7, 11) is -2.13. The first kappa shape index (κ1) is 29.5. The molecule has 0 aliphatic heterocycles. The van der Waals surface area contributed by atoms with Crippen molar-refractivity contribution >= 4 is 30.9 Å². The molecule has 1 N–H and O–H groups in total. The molecule has 0 spiro atoms. The molecular formula is C27H38F3IN2O2Si. The minimum Gasteiger partial charge on any atom is -0.410 e. The summed E-state index contributed by atoms with van der Waals surface area (Å²) < 4.78 is 47.0. The van der Waals surface area contributed by atoms with E-state index in [0.29, 0.717) is 5.56 Å². The van der Waals surface area contributed by atoms with Crippen LogP contribution in [0.1, 0.15) is 107 Å². The van der Waals surface area contributed by atoms with Crippen LogP contribution >= 0.6 is 22.6 Å². The molecule has 0 unspecified atom stereocenters. The van der Waals surface area contributed by atoms with E-state index in [1.807, 2.05) is 13.8 Å². The normalized spacial score (nSPS) is 19.4. The molecule has 0 bridgehead atoms. The van der Waals surface area contributed by atoms with Gasteiger partial charge in [-0.3, -0.25) is 9.97 Å². The Balaban J connectivity index is 2.18. The van der Waals surface area contributed by atoms with Crippen molar-refractivity contribution < 1.29 is 22.7 Å². The molecule has 9 heteroatoms. The molecule has 1 aliphatic carbocycles. The van der Waals surface area contributed by atoms with Gasteiger partial charge < -0.3 is 9.53 Å². The van der Waals surface area contributed by atoms with Gasteiger partial charge in [-0.1, -0.05) is 48.5 Å². The fourth-order valence-electron chi connectivity index (χ4n) is 4.46. The molecule has 4 nitrogen and oxygen atoms in total. The Morgan fingerprint density at radius 2 is 1.78 bits per heavy atom. The van der Waals surface area contributed by atoms with Gasteiger partial charge in [-0.25, -0.2) is 0 Å². The van der Waals surface area contributed by atoms with E-state index in [0.717, 1.165) is 45.6 Å². The van der Waals surface area contributed by atoms with E-state index in [1.165, 1.54) is 6.07 Å². The molecule has 0 saturated heterocycles. The number of hydrogen-bond donors (Lipinski definition) is 1. The average molecular weight is 635 g/mol. The van der Waals surface area contributed by atoms with Gasteiger partial charge in [0.25, 0.3) is 0 Å². The lowest BCUT2D eigenvalue weighted by Gasteiger charge is -2.44. The van der Waals surface area contributed by atoms with Crippen LogP contribution in [0.4, 0.5) is 13.2 Å². The van der Waals surface area contributed by atoms with Gasteiger partial charge in [0.2, 0.25) is 0 Å². The fraction of sp³-hybridized carbons (Fsp3) is 0.630. The van der Waals surface area contributed by atoms with Crippen molar-refractivity contribution in [1.82, 2.24) is 9.97 Å². The summed E-state index contributed by atoms with van der Waals surface area (Å²) in [6.45, 7) is 19.6. The number of halogens is 4. The van der Waals surface area contributed by atoms with Crippen LogP contribution in [0.5, 0.6) is 0 Å². The molecule has 3 rings (SSSR count). The first-order valence-corrected chi connectivity index (χ1v) is 16.3. The maximum absolute atomic E-state index is 13.1. The summed E-state index contributed by atoms with van der Waals surface area (Å²) in [6.07, 6.45) is -3.45. The lowest BCUT2D eigenvalue weighted by Crippen LogP contribution is -2.44. The van der Waals surface area contributed by atoms with E-state index >= 15 is 0 Å². The zero-order valence-corrected chi connectivity index (χ0v) is 25.8. The van der Waals surface area contributed by atoms with Crippen LogP contribution in [0.3, 0.4) is 0 Å². The number of hydrogen-bond acceptors (Lipinski definition) is 4. The van der Waals surface area contributed by atoms with Crippen LogP contribution < -0.4 is 0 Å². The topological polar surface area (TPSA) is 55.2 Å². The van der Waals surface area contributed by atoms with Gasteiger partial charge in [0.15, 0.2) is 8.32 Å². The van der Waals surface area contributed by atoms with E-state index < -0.39 is 26.2 Å². The van der Waals surface area contributed by atoms with Crippen molar-refractivity contribution in [1.29, 1.82) is 0 Å². The Hall–Kier alpha value is -1.04. The molecule has 0 saturated carbocycles. The molecule has 36 heavy (non-hydrogen) atoms. The van der Waals surface area contributed by atoms with Gasteiger partial charge in [-0.15, -0.1) is 0 Å². The zero-order chi connectivity index (χ0) is 27.4. The summed E-state index contributed by atoms with van der Waals surface area (Å²) in [5, 5.41) is 11.5. The summed E-state index contributed by atoms with van der Waals surface area (Å²) in [5.41, 5.74) is 2.67. The van der Waals surface area contributed by atoms with Gasteiger partial charge in [0.1, 0.15) is 6.10 Å². The molecular weight excluding hydrogens is 596 g/mol. The molecule has 2 aromatic heterocycles. The monoisotopic (exact) mass is 634 g/mol. The van der Waals surface area contributed by atoms with Gasteiger partial charge in [0, 0.05) is 26.6 Å². The number of fused-ring (bicyclic) bond motifs is 1. The lowest BCUT2D eigenvalue weighted by atomic mass is 9.74. The maximum atomic E-state index is 13.1. The van der Waals surface area contributed by atoms with Crippen LogP contribution in [-0.4, -0.2) is 23.4 Å². The summed E-state index contributed by atoms with van der Waals surface area (Å²) in [6, 6.07) is 2.21. The number of alkyl halides is 3. The highest BCUT2D eigenvalue weighted by Crippen LogP contribution is 2.50. The largest absolute Gasteiger partial charge is 0.417 e. The van der Waals surface area contributed by atoms with Gasteiger partial charge >= 0.3 is 6.18 Å². The molecule has 0 fully saturated rings. The Bertz CT molecular complexity index is 1110. The van der Waals surface area contributed by atoms with Crippen molar-refractivity contribution in [2.24, 2.45) is 5.41 Å². The molecule has 2 heterocycles. The Morgan fingerprint density at radius 3 is 2.25 bits per heavy atom. The van der Waals surface area contributed by atoms with E-state index in [9.17, 15) is 18.3 Å². The molecule has 0 aromatic carbocycles. The van der Waals surface area contributed by atoms with E-state index in [4.69, 9.17) is 9.41 Å². The molecule has 1 aliphatic rings. The first-order chi connectivity index (χ1) is 16.2. The van der Waals surface area contributed by atoms with Crippen LogP contribution in [0.2, 0.25) is 18.1 Å². The third-order valence-corrected chi connectivity index (χ3v) is 13.1. The van der Waals surface area contributed by atoms with E-state index in [2.05, 4.69) is 75.3 Å². The van der Waals surface area contributed by atoms with E-state index in [-0.39, 0.29) is 28.2 Å². The molecule has 200 valence electrons. The minimum absolute atomic E-state index is 0.000521. The third-order valence-electron chi connectivity index (χ3n) is 7.48. The predicted molar refractivity (Wildman–Crippen MR) is 147 cm³/mol. The fourth-order valence-corrected chi connectivity index (χ4v) is 6.95. The second kappa shape index (κ2) is 9.93. The summed E-state index contributed by atoms with van der Waals surface area (Å²) >= 11 is 2.27. The highest BCUT2D eigenvalue weighted by atomic mass is 127. The second-order valence-corrected chi connectivity index (χ2v) is 18.4. The maximum Gasteiger partial charge on any atom is 0.417 e. The quantitative estimate of drug-likeness (QED) is 0.266. The molecule has 0 radical (unpaired) electrons. The van der Waals surface area contributed by atoms with Gasteiger partial charge in [-0.2, -0.15) is 13.2 Å². The van der Waals surface area contributed by atoms with Gasteiger partial charge in [0.05, 0.1) is 23.1 Å².